The highest BCUT2D eigenvalue weighted by atomic mass is 32.2. The Balaban J connectivity index is 1.29. The van der Waals surface area contributed by atoms with Crippen molar-refractivity contribution in [2.24, 2.45) is 5.92 Å². The van der Waals surface area contributed by atoms with Crippen LogP contribution in [0.15, 0.2) is 23.3 Å². The van der Waals surface area contributed by atoms with Gasteiger partial charge in [-0.2, -0.15) is 22.0 Å². The van der Waals surface area contributed by atoms with Gasteiger partial charge in [0.25, 0.3) is 5.56 Å². The lowest BCUT2D eigenvalue weighted by Gasteiger charge is -2.39. The van der Waals surface area contributed by atoms with Crippen molar-refractivity contribution in [2.45, 2.75) is 32.2 Å². The Bertz CT molecular complexity index is 778. The van der Waals surface area contributed by atoms with Crippen LogP contribution >= 0.6 is 11.8 Å². The van der Waals surface area contributed by atoms with Crippen LogP contribution in [-0.2, 0) is 25.3 Å². The monoisotopic (exact) mass is 345 g/mol. The fourth-order valence-electron chi connectivity index (χ4n) is 3.44. The number of thioether (sulfide) groups is 1. The van der Waals surface area contributed by atoms with E-state index >= 15 is 0 Å². The van der Waals surface area contributed by atoms with Crippen molar-refractivity contribution in [2.75, 3.05) is 25.4 Å². The summed E-state index contributed by atoms with van der Waals surface area (Å²) in [5, 5.41) is 8.93. The van der Waals surface area contributed by atoms with E-state index in [0.717, 1.165) is 61.9 Å². The van der Waals surface area contributed by atoms with Gasteiger partial charge >= 0.3 is 0 Å². The third kappa shape index (κ3) is 3.42. The molecule has 0 radical (unpaired) electrons. The fourth-order valence-corrected chi connectivity index (χ4v) is 4.39. The molecule has 0 aliphatic carbocycles. The molecule has 0 amide bonds. The van der Waals surface area contributed by atoms with Gasteiger partial charge in [0.1, 0.15) is 0 Å². The summed E-state index contributed by atoms with van der Waals surface area (Å²) in [4.78, 5) is 14.6. The van der Waals surface area contributed by atoms with Crippen LogP contribution < -0.4 is 5.56 Å². The first-order chi connectivity index (χ1) is 11.7. The molecule has 2 aliphatic heterocycles. The highest BCUT2D eigenvalue weighted by Crippen LogP contribution is 2.22. The Morgan fingerprint density at radius 1 is 1.33 bits per heavy atom. The second-order valence-electron chi connectivity index (χ2n) is 6.85. The van der Waals surface area contributed by atoms with E-state index in [4.69, 9.17) is 0 Å². The van der Waals surface area contributed by atoms with Gasteiger partial charge in [0.15, 0.2) is 0 Å². The van der Waals surface area contributed by atoms with E-state index in [1.807, 2.05) is 22.6 Å². The van der Waals surface area contributed by atoms with Crippen molar-refractivity contribution in [3.63, 3.8) is 0 Å². The zero-order valence-corrected chi connectivity index (χ0v) is 14.8. The van der Waals surface area contributed by atoms with Crippen LogP contribution in [0, 0.1) is 12.8 Å². The van der Waals surface area contributed by atoms with Crippen molar-refractivity contribution in [1.29, 1.82) is 0 Å². The van der Waals surface area contributed by atoms with E-state index in [1.165, 1.54) is 5.56 Å². The van der Waals surface area contributed by atoms with Crippen molar-refractivity contribution in [3.05, 3.63) is 45.6 Å². The van der Waals surface area contributed by atoms with E-state index in [1.54, 1.807) is 10.7 Å². The maximum Gasteiger partial charge on any atom is 0.267 e. The molecule has 0 saturated carbocycles. The topological polar surface area (TPSA) is 56.0 Å². The highest BCUT2D eigenvalue weighted by Gasteiger charge is 2.27. The maximum atomic E-state index is 12.2. The predicted molar refractivity (Wildman–Crippen MR) is 95.3 cm³/mol. The Morgan fingerprint density at radius 2 is 2.21 bits per heavy atom. The van der Waals surface area contributed by atoms with E-state index in [9.17, 15) is 4.79 Å². The largest absolute Gasteiger partial charge is 0.301 e. The zero-order chi connectivity index (χ0) is 16.5. The van der Waals surface area contributed by atoms with Crippen LogP contribution in [0.25, 0.3) is 0 Å². The minimum atomic E-state index is 0.0571. The van der Waals surface area contributed by atoms with Crippen molar-refractivity contribution >= 4 is 11.8 Å². The predicted octanol–water partition coefficient (Wildman–Crippen LogP) is 1.17. The van der Waals surface area contributed by atoms with Gasteiger partial charge in [-0.05, 0) is 23.8 Å². The summed E-state index contributed by atoms with van der Waals surface area (Å²) in [5.41, 5.74) is 3.52. The molecule has 4 heterocycles. The van der Waals surface area contributed by atoms with Gasteiger partial charge < -0.3 is 4.90 Å². The Hall–Kier alpha value is -1.60. The van der Waals surface area contributed by atoms with Crippen LogP contribution in [0.3, 0.4) is 0 Å². The molecular formula is C17H23N5OS. The quantitative estimate of drug-likeness (QED) is 0.814. The molecule has 0 N–H and O–H groups in total. The lowest BCUT2D eigenvalue weighted by molar-refractivity contribution is 0.0792. The Morgan fingerprint density at radius 3 is 3.00 bits per heavy atom. The lowest BCUT2D eigenvalue weighted by Crippen LogP contribution is -2.50. The molecule has 4 rings (SSSR count). The van der Waals surface area contributed by atoms with Gasteiger partial charge in [0, 0.05) is 50.0 Å². The van der Waals surface area contributed by atoms with Crippen molar-refractivity contribution < 1.29 is 0 Å². The van der Waals surface area contributed by atoms with Gasteiger partial charge in [-0.3, -0.25) is 9.48 Å². The first kappa shape index (κ1) is 15.9. The van der Waals surface area contributed by atoms with E-state index in [2.05, 4.69) is 28.2 Å². The number of hydrogen-bond acceptors (Lipinski definition) is 5. The summed E-state index contributed by atoms with van der Waals surface area (Å²) in [6.45, 7) is 6.83. The highest BCUT2D eigenvalue weighted by molar-refractivity contribution is 7.98. The van der Waals surface area contributed by atoms with Crippen LogP contribution in [0.1, 0.15) is 16.8 Å². The molecule has 2 aromatic rings. The van der Waals surface area contributed by atoms with Crippen LogP contribution in [0.5, 0.6) is 0 Å². The summed E-state index contributed by atoms with van der Waals surface area (Å²) >= 11 is 1.89. The normalized spacial score (nSPS) is 18.4. The molecule has 1 saturated heterocycles. The second kappa shape index (κ2) is 6.72. The maximum absolute atomic E-state index is 12.2. The molecule has 2 aliphatic rings. The fraction of sp³-hybridized carbons (Fsp3) is 0.588. The molecule has 0 atom stereocenters. The molecule has 6 nitrogen and oxygen atoms in total. The number of aromatic nitrogens is 4. The number of aryl methyl sites for hydroxylation is 2. The van der Waals surface area contributed by atoms with E-state index < -0.39 is 0 Å². The van der Waals surface area contributed by atoms with Crippen molar-refractivity contribution in [1.82, 2.24) is 24.5 Å². The van der Waals surface area contributed by atoms with Crippen molar-refractivity contribution in [3.8, 4) is 0 Å². The van der Waals surface area contributed by atoms with Gasteiger partial charge in [0.2, 0.25) is 0 Å². The summed E-state index contributed by atoms with van der Waals surface area (Å²) in [6, 6.07) is 1.80. The van der Waals surface area contributed by atoms with Gasteiger partial charge in [0.05, 0.1) is 25.0 Å². The minimum Gasteiger partial charge on any atom is -0.301 e. The molecule has 0 unspecified atom stereocenters. The number of rotatable bonds is 5. The van der Waals surface area contributed by atoms with Crippen LogP contribution in [0.4, 0.5) is 0 Å². The van der Waals surface area contributed by atoms with E-state index in [-0.39, 0.29) is 5.56 Å². The molecule has 1 fully saturated rings. The molecule has 0 spiro atoms. The van der Waals surface area contributed by atoms with Crippen LogP contribution in [-0.4, -0.2) is 49.8 Å². The second-order valence-corrected chi connectivity index (χ2v) is 7.95. The Kier molecular flexibility index (Phi) is 4.45. The smallest absolute Gasteiger partial charge is 0.267 e. The molecule has 2 aromatic heterocycles. The summed E-state index contributed by atoms with van der Waals surface area (Å²) in [6.07, 6.45) is 4.96. The number of likely N-dealkylation sites (tertiary alicyclic amines) is 1. The minimum absolute atomic E-state index is 0.0571. The first-order valence-electron chi connectivity index (χ1n) is 8.56. The number of nitrogens with zero attached hydrogens (tertiary/aromatic N) is 5. The summed E-state index contributed by atoms with van der Waals surface area (Å²) in [5.74, 6) is 2.58. The van der Waals surface area contributed by atoms with E-state index in [0.29, 0.717) is 5.92 Å². The average molecular weight is 345 g/mol. The third-order valence-corrected chi connectivity index (χ3v) is 5.78. The molecular weight excluding hydrogens is 322 g/mol. The molecule has 7 heteroatoms. The average Bonchev–Trinajstić information content (AvgIpc) is 2.95. The standard InChI is InChI=1S/C17H23N5OS/c1-13-7-18-21(8-13)4-3-20-9-14(10-20)11-22-17(23)6-15-12-24-5-2-16(15)19-22/h6-8,14H,2-5,9-12H2,1H3. The summed E-state index contributed by atoms with van der Waals surface area (Å²) < 4.78 is 3.68. The third-order valence-electron chi connectivity index (χ3n) is 4.78. The number of fused-ring (bicyclic) bond motifs is 1. The Labute approximate surface area is 145 Å². The molecule has 0 bridgehead atoms. The number of hydrogen-bond donors (Lipinski definition) is 0. The molecule has 24 heavy (non-hydrogen) atoms. The van der Waals surface area contributed by atoms with Gasteiger partial charge in [-0.15, -0.1) is 0 Å². The molecule has 0 aromatic carbocycles. The zero-order valence-electron chi connectivity index (χ0n) is 14.0. The first-order valence-corrected chi connectivity index (χ1v) is 9.72. The van der Waals surface area contributed by atoms with Gasteiger partial charge in [-0.25, -0.2) is 4.68 Å². The van der Waals surface area contributed by atoms with Crippen LogP contribution in [0.2, 0.25) is 0 Å². The SMILES string of the molecule is Cc1cnn(CCN2CC(Cn3nc4c(cc3=O)CSCC4)C2)c1. The van der Waals surface area contributed by atoms with Gasteiger partial charge in [-0.1, -0.05) is 0 Å². The summed E-state index contributed by atoms with van der Waals surface area (Å²) in [7, 11) is 0. The molecule has 128 valence electrons. The lowest BCUT2D eigenvalue weighted by atomic mass is 10.0.